The van der Waals surface area contributed by atoms with E-state index in [1.165, 1.54) is 11.0 Å². The van der Waals surface area contributed by atoms with E-state index in [1.54, 1.807) is 19.1 Å². The van der Waals surface area contributed by atoms with Crippen LogP contribution in [-0.4, -0.2) is 56.4 Å². The number of nitrogens with zero attached hydrogens (tertiary/aromatic N) is 1. The molecule has 0 N–H and O–H groups in total. The number of aryl methyl sites for hydroxylation is 1. The average molecular weight is 346 g/mol. The first-order valence-corrected chi connectivity index (χ1v) is 8.80. The van der Waals surface area contributed by atoms with Gasteiger partial charge in [0.05, 0.1) is 18.6 Å². The fraction of sp³-hybridized carbons (Fsp3) is 0.429. The van der Waals surface area contributed by atoms with Crippen LogP contribution in [0.4, 0.5) is 0 Å². The van der Waals surface area contributed by atoms with Crippen molar-refractivity contribution in [2.45, 2.75) is 13.0 Å². The summed E-state index contributed by atoms with van der Waals surface area (Å²) in [5.41, 5.74) is 1.12. The number of benzene rings is 1. The maximum absolute atomic E-state index is 12.6. The Hall–Kier alpha value is -1.60. The summed E-state index contributed by atoms with van der Waals surface area (Å²) >= 11 is 5.95. The van der Waals surface area contributed by atoms with Gasteiger partial charge in [-0.05, 0) is 30.7 Å². The molecule has 120 valence electrons. The molecule has 22 heavy (non-hydrogen) atoms. The average Bonchev–Trinajstić information content (AvgIpc) is 2.43. The van der Waals surface area contributed by atoms with Gasteiger partial charge in [-0.2, -0.15) is 0 Å². The van der Waals surface area contributed by atoms with Crippen molar-refractivity contribution < 1.29 is 22.7 Å². The summed E-state index contributed by atoms with van der Waals surface area (Å²) in [4.78, 5) is 25.7. The summed E-state index contributed by atoms with van der Waals surface area (Å²) in [7, 11) is -2.21. The maximum Gasteiger partial charge on any atom is 0.329 e. The molecular weight excluding hydrogens is 330 g/mol. The number of rotatable bonds is 2. The van der Waals surface area contributed by atoms with Crippen molar-refractivity contribution in [2.24, 2.45) is 0 Å². The Bertz CT molecular complexity index is 696. The van der Waals surface area contributed by atoms with Crippen LogP contribution < -0.4 is 0 Å². The summed E-state index contributed by atoms with van der Waals surface area (Å²) in [5, 5.41) is 0.405. The van der Waals surface area contributed by atoms with Gasteiger partial charge < -0.3 is 9.64 Å². The molecule has 2 rings (SSSR count). The van der Waals surface area contributed by atoms with Crippen LogP contribution in [0.5, 0.6) is 0 Å². The van der Waals surface area contributed by atoms with Crippen molar-refractivity contribution in [3.63, 3.8) is 0 Å². The lowest BCUT2D eigenvalue weighted by Crippen LogP contribution is -2.55. The number of methoxy groups -OCH3 is 1. The third-order valence-corrected chi connectivity index (χ3v) is 5.30. The van der Waals surface area contributed by atoms with Crippen LogP contribution in [-0.2, 0) is 19.4 Å². The van der Waals surface area contributed by atoms with Crippen LogP contribution in [0.15, 0.2) is 18.2 Å². The minimum Gasteiger partial charge on any atom is -0.467 e. The SMILES string of the molecule is COC(=O)C1CS(=O)(=O)CCN1C(=O)c1cc(C)cc(Cl)c1. The van der Waals surface area contributed by atoms with Gasteiger partial charge in [0.25, 0.3) is 5.91 Å². The number of halogens is 1. The van der Waals surface area contributed by atoms with Crippen molar-refractivity contribution in [2.75, 3.05) is 25.2 Å². The second-order valence-corrected chi connectivity index (χ2v) is 7.83. The Morgan fingerprint density at radius 3 is 2.59 bits per heavy atom. The van der Waals surface area contributed by atoms with Gasteiger partial charge in [0.1, 0.15) is 6.04 Å². The van der Waals surface area contributed by atoms with Crippen LogP contribution in [0.2, 0.25) is 5.02 Å². The van der Waals surface area contributed by atoms with Crippen LogP contribution in [0.1, 0.15) is 15.9 Å². The molecule has 0 bridgehead atoms. The van der Waals surface area contributed by atoms with E-state index in [4.69, 9.17) is 11.6 Å². The van der Waals surface area contributed by atoms with Gasteiger partial charge in [-0.1, -0.05) is 11.6 Å². The maximum atomic E-state index is 12.6. The molecule has 6 nitrogen and oxygen atoms in total. The molecule has 1 fully saturated rings. The van der Waals surface area contributed by atoms with E-state index in [0.29, 0.717) is 10.6 Å². The minimum atomic E-state index is -3.37. The lowest BCUT2D eigenvalue weighted by atomic mass is 10.1. The molecule has 1 aliphatic rings. The number of carbonyl (C=O) groups excluding carboxylic acids is 2. The predicted molar refractivity (Wildman–Crippen MR) is 81.7 cm³/mol. The smallest absolute Gasteiger partial charge is 0.329 e. The Balaban J connectivity index is 2.35. The quantitative estimate of drug-likeness (QED) is 0.749. The third kappa shape index (κ3) is 3.59. The summed E-state index contributed by atoms with van der Waals surface area (Å²) < 4.78 is 28.1. The van der Waals surface area contributed by atoms with Crippen molar-refractivity contribution in [1.82, 2.24) is 4.90 Å². The highest BCUT2D eigenvalue weighted by Crippen LogP contribution is 2.20. The molecule has 8 heteroatoms. The van der Waals surface area contributed by atoms with Gasteiger partial charge in [0.15, 0.2) is 9.84 Å². The van der Waals surface area contributed by atoms with Crippen LogP contribution >= 0.6 is 11.6 Å². The van der Waals surface area contributed by atoms with E-state index < -0.39 is 33.5 Å². The van der Waals surface area contributed by atoms with Crippen LogP contribution in [0, 0.1) is 6.92 Å². The molecule has 1 aromatic rings. The normalized spacial score (nSPS) is 20.5. The molecule has 0 aromatic heterocycles. The summed E-state index contributed by atoms with van der Waals surface area (Å²) in [6.07, 6.45) is 0. The number of esters is 1. The van der Waals surface area contributed by atoms with E-state index in [-0.39, 0.29) is 12.3 Å². The Kier molecular flexibility index (Phi) is 4.77. The second-order valence-electron chi connectivity index (χ2n) is 5.17. The van der Waals surface area contributed by atoms with Crippen molar-refractivity contribution in [1.29, 1.82) is 0 Å². The number of hydrogen-bond acceptors (Lipinski definition) is 5. The van der Waals surface area contributed by atoms with E-state index in [0.717, 1.165) is 12.7 Å². The fourth-order valence-corrected chi connectivity index (χ4v) is 4.14. The number of carbonyl (C=O) groups is 2. The van der Waals surface area contributed by atoms with Crippen molar-refractivity contribution in [3.05, 3.63) is 34.3 Å². The number of hydrogen-bond donors (Lipinski definition) is 0. The molecule has 0 aliphatic carbocycles. The highest BCUT2D eigenvalue weighted by atomic mass is 35.5. The van der Waals surface area contributed by atoms with Crippen LogP contribution in [0.3, 0.4) is 0 Å². The Morgan fingerprint density at radius 1 is 1.32 bits per heavy atom. The largest absolute Gasteiger partial charge is 0.467 e. The minimum absolute atomic E-state index is 0.0491. The molecule has 1 heterocycles. The highest BCUT2D eigenvalue weighted by molar-refractivity contribution is 7.91. The highest BCUT2D eigenvalue weighted by Gasteiger charge is 2.39. The van der Waals surface area contributed by atoms with Crippen LogP contribution in [0.25, 0.3) is 0 Å². The van der Waals surface area contributed by atoms with E-state index in [9.17, 15) is 18.0 Å². The zero-order valence-electron chi connectivity index (χ0n) is 12.2. The molecular formula is C14H16ClNO5S. The van der Waals surface area contributed by atoms with Gasteiger partial charge in [-0.15, -0.1) is 0 Å². The fourth-order valence-electron chi connectivity index (χ4n) is 2.41. The molecule has 1 unspecified atom stereocenters. The van der Waals surface area contributed by atoms with Crippen molar-refractivity contribution in [3.8, 4) is 0 Å². The lowest BCUT2D eigenvalue weighted by Gasteiger charge is -2.33. The first-order valence-electron chi connectivity index (χ1n) is 6.60. The van der Waals surface area contributed by atoms with E-state index in [2.05, 4.69) is 4.74 Å². The van der Waals surface area contributed by atoms with Gasteiger partial charge in [-0.3, -0.25) is 4.79 Å². The molecule has 0 saturated carbocycles. The van der Waals surface area contributed by atoms with E-state index in [1.807, 2.05) is 0 Å². The van der Waals surface area contributed by atoms with Crippen molar-refractivity contribution >= 4 is 33.3 Å². The molecule has 1 aromatic carbocycles. The van der Waals surface area contributed by atoms with Gasteiger partial charge in [0.2, 0.25) is 0 Å². The zero-order chi connectivity index (χ0) is 16.5. The summed E-state index contributed by atoms with van der Waals surface area (Å²) in [6, 6.07) is 3.71. The summed E-state index contributed by atoms with van der Waals surface area (Å²) in [5.74, 6) is -1.78. The van der Waals surface area contributed by atoms with Gasteiger partial charge in [-0.25, -0.2) is 13.2 Å². The third-order valence-electron chi connectivity index (χ3n) is 3.45. The molecule has 1 atom stereocenters. The first kappa shape index (κ1) is 16.8. The van der Waals surface area contributed by atoms with Gasteiger partial charge in [0, 0.05) is 17.1 Å². The Morgan fingerprint density at radius 2 is 2.00 bits per heavy atom. The monoisotopic (exact) mass is 345 g/mol. The molecule has 1 aliphatic heterocycles. The molecule has 0 spiro atoms. The zero-order valence-corrected chi connectivity index (χ0v) is 13.8. The molecule has 1 saturated heterocycles. The predicted octanol–water partition coefficient (Wildman–Crippen LogP) is 1.06. The van der Waals surface area contributed by atoms with Gasteiger partial charge >= 0.3 is 5.97 Å². The lowest BCUT2D eigenvalue weighted by molar-refractivity contribution is -0.145. The second kappa shape index (κ2) is 6.26. The number of sulfone groups is 1. The number of amides is 1. The first-order chi connectivity index (χ1) is 10.2. The standard InChI is InChI=1S/C14H16ClNO5S/c1-9-5-10(7-11(15)6-9)13(17)16-3-4-22(19,20)8-12(16)14(18)21-2/h5-7,12H,3-4,8H2,1-2H3. The summed E-state index contributed by atoms with van der Waals surface area (Å²) in [6.45, 7) is 1.74. The number of ether oxygens (including phenoxy) is 1. The Labute approximate surface area is 133 Å². The van der Waals surface area contributed by atoms with E-state index >= 15 is 0 Å². The molecule has 1 amide bonds. The topological polar surface area (TPSA) is 80.8 Å². The molecule has 0 radical (unpaired) electrons.